The first-order valence-corrected chi connectivity index (χ1v) is 15.6. The summed E-state index contributed by atoms with van der Waals surface area (Å²) in [5.41, 5.74) is 5.22. The molecule has 0 aromatic heterocycles. The van der Waals surface area contributed by atoms with Gasteiger partial charge in [0.15, 0.2) is 0 Å². The Morgan fingerprint density at radius 3 is 2.08 bits per heavy atom. The lowest BCUT2D eigenvalue weighted by molar-refractivity contribution is 0.248. The molecular formula is C36H47NO2. The molecule has 3 nitrogen and oxygen atoms in total. The maximum absolute atomic E-state index is 10.0. The van der Waals surface area contributed by atoms with Crippen molar-refractivity contribution in [2.75, 3.05) is 26.2 Å². The molecule has 0 saturated carbocycles. The van der Waals surface area contributed by atoms with Gasteiger partial charge in [0.25, 0.3) is 0 Å². The molecule has 3 aromatic rings. The number of phenols is 1. The summed E-state index contributed by atoms with van der Waals surface area (Å²) in [6.07, 6.45) is 16.4. The van der Waals surface area contributed by atoms with Crippen molar-refractivity contribution in [2.24, 2.45) is 0 Å². The van der Waals surface area contributed by atoms with Crippen LogP contribution in [0.2, 0.25) is 0 Å². The van der Waals surface area contributed by atoms with E-state index in [1.165, 1.54) is 107 Å². The van der Waals surface area contributed by atoms with E-state index in [-0.39, 0.29) is 17.6 Å². The number of benzene rings is 3. The number of phenolic OH excluding ortho intramolecular Hbond substituents is 1. The molecule has 3 aromatic carbocycles. The zero-order chi connectivity index (χ0) is 26.7. The van der Waals surface area contributed by atoms with Gasteiger partial charge in [-0.2, -0.15) is 0 Å². The lowest BCUT2D eigenvalue weighted by Gasteiger charge is -2.34. The molecule has 2 unspecified atom stereocenters. The summed E-state index contributed by atoms with van der Waals surface area (Å²) in [5, 5.41) is 10.0. The van der Waals surface area contributed by atoms with Gasteiger partial charge in [-0.25, -0.2) is 0 Å². The van der Waals surface area contributed by atoms with E-state index in [4.69, 9.17) is 4.74 Å². The average Bonchev–Trinajstić information content (AvgIpc) is 3.50. The van der Waals surface area contributed by atoms with Crippen LogP contribution in [-0.4, -0.2) is 36.2 Å². The zero-order valence-electron chi connectivity index (χ0n) is 23.7. The summed E-state index contributed by atoms with van der Waals surface area (Å²) in [7, 11) is 0. The van der Waals surface area contributed by atoms with Gasteiger partial charge in [-0.1, -0.05) is 106 Å². The van der Waals surface area contributed by atoms with Gasteiger partial charge in [0.1, 0.15) is 11.5 Å². The summed E-state index contributed by atoms with van der Waals surface area (Å²) >= 11 is 0. The van der Waals surface area contributed by atoms with Crippen LogP contribution < -0.4 is 4.74 Å². The minimum absolute atomic E-state index is 0.214. The first kappa shape index (κ1) is 27.8. The van der Waals surface area contributed by atoms with Gasteiger partial charge in [0.2, 0.25) is 0 Å². The number of hydrogen-bond donors (Lipinski definition) is 1. The largest absolute Gasteiger partial charge is 0.508 e. The lowest BCUT2D eigenvalue weighted by Crippen LogP contribution is -2.25. The standard InChI is InChI=1S/C36H47NO2/c38-32-22-23-33-35(27-32)39-28-34(30-16-10-8-11-17-30)36(33)31-20-18-29(19-21-31)15-9-6-4-2-1-3-5-7-12-24-37-25-13-14-26-37/h8,10-11,16-23,27,34,36,38H,1-7,9,12-15,24-26,28H2. The number of aryl methyl sites for hydroxylation is 1. The van der Waals surface area contributed by atoms with Crippen LogP contribution in [0.4, 0.5) is 0 Å². The van der Waals surface area contributed by atoms with Crippen LogP contribution in [0, 0.1) is 0 Å². The predicted octanol–water partition coefficient (Wildman–Crippen LogP) is 8.85. The lowest BCUT2D eigenvalue weighted by atomic mass is 9.75. The molecule has 208 valence electrons. The van der Waals surface area contributed by atoms with Gasteiger partial charge >= 0.3 is 0 Å². The van der Waals surface area contributed by atoms with Crippen molar-refractivity contribution >= 4 is 0 Å². The van der Waals surface area contributed by atoms with Crippen molar-refractivity contribution in [3.8, 4) is 11.5 Å². The van der Waals surface area contributed by atoms with E-state index in [2.05, 4.69) is 59.5 Å². The van der Waals surface area contributed by atoms with E-state index in [0.29, 0.717) is 6.61 Å². The molecule has 2 aliphatic heterocycles. The summed E-state index contributed by atoms with van der Waals surface area (Å²) in [4.78, 5) is 2.64. The highest BCUT2D eigenvalue weighted by Gasteiger charge is 2.33. The van der Waals surface area contributed by atoms with Crippen molar-refractivity contribution in [1.82, 2.24) is 4.90 Å². The Bertz CT molecular complexity index is 1120. The number of nitrogens with zero attached hydrogens (tertiary/aromatic N) is 1. The fraction of sp³-hybridized carbons (Fsp3) is 0.500. The van der Waals surface area contributed by atoms with Crippen molar-refractivity contribution in [3.05, 3.63) is 95.1 Å². The summed E-state index contributed by atoms with van der Waals surface area (Å²) < 4.78 is 6.12. The van der Waals surface area contributed by atoms with Crippen LogP contribution in [0.5, 0.6) is 11.5 Å². The molecule has 2 atom stereocenters. The second-order valence-electron chi connectivity index (χ2n) is 11.8. The molecule has 0 radical (unpaired) electrons. The van der Waals surface area contributed by atoms with Gasteiger partial charge in [-0.15, -0.1) is 0 Å². The number of rotatable bonds is 14. The number of aromatic hydroxyl groups is 1. The molecular weight excluding hydrogens is 478 g/mol. The average molecular weight is 526 g/mol. The van der Waals surface area contributed by atoms with Crippen LogP contribution in [-0.2, 0) is 6.42 Å². The van der Waals surface area contributed by atoms with Gasteiger partial charge in [-0.3, -0.25) is 0 Å². The number of ether oxygens (including phenoxy) is 1. The third-order valence-electron chi connectivity index (χ3n) is 8.86. The van der Waals surface area contributed by atoms with Gasteiger partial charge < -0.3 is 14.7 Å². The Kier molecular flexibility index (Phi) is 10.4. The summed E-state index contributed by atoms with van der Waals surface area (Å²) in [5.74, 6) is 1.53. The third-order valence-corrected chi connectivity index (χ3v) is 8.86. The van der Waals surface area contributed by atoms with E-state index in [1.807, 2.05) is 6.07 Å². The number of fused-ring (bicyclic) bond motifs is 1. The summed E-state index contributed by atoms with van der Waals surface area (Å²) in [6, 6.07) is 25.6. The Morgan fingerprint density at radius 1 is 0.692 bits per heavy atom. The molecule has 2 heterocycles. The Labute approximate surface area is 236 Å². The normalized spacial score (nSPS) is 19.1. The van der Waals surface area contributed by atoms with Crippen LogP contribution in [0.25, 0.3) is 0 Å². The summed E-state index contributed by atoms with van der Waals surface area (Å²) in [6.45, 7) is 4.64. The van der Waals surface area contributed by atoms with E-state index >= 15 is 0 Å². The second kappa shape index (κ2) is 14.6. The SMILES string of the molecule is Oc1ccc2c(c1)OCC(c1ccccc1)C2c1ccc(CCCCCCCCCCCN2CCCC2)cc1. The number of unbranched alkanes of at least 4 members (excludes halogenated alkanes) is 8. The first-order valence-electron chi connectivity index (χ1n) is 15.6. The minimum atomic E-state index is 0.214. The molecule has 0 aliphatic carbocycles. The fourth-order valence-corrected chi connectivity index (χ4v) is 6.60. The van der Waals surface area contributed by atoms with Gasteiger partial charge in [0.05, 0.1) is 6.61 Å². The van der Waals surface area contributed by atoms with Crippen LogP contribution in [0.3, 0.4) is 0 Å². The topological polar surface area (TPSA) is 32.7 Å². The van der Waals surface area contributed by atoms with E-state index in [0.717, 1.165) is 17.7 Å². The molecule has 0 spiro atoms. The van der Waals surface area contributed by atoms with E-state index < -0.39 is 0 Å². The quantitative estimate of drug-likeness (QED) is 0.213. The highest BCUT2D eigenvalue weighted by atomic mass is 16.5. The van der Waals surface area contributed by atoms with Crippen LogP contribution in [0.15, 0.2) is 72.8 Å². The fourth-order valence-electron chi connectivity index (χ4n) is 6.60. The van der Waals surface area contributed by atoms with Crippen molar-refractivity contribution in [3.63, 3.8) is 0 Å². The first-order chi connectivity index (χ1) is 19.3. The Morgan fingerprint density at radius 2 is 1.36 bits per heavy atom. The predicted molar refractivity (Wildman–Crippen MR) is 162 cm³/mol. The molecule has 1 saturated heterocycles. The molecule has 1 fully saturated rings. The Hall–Kier alpha value is -2.78. The second-order valence-corrected chi connectivity index (χ2v) is 11.8. The molecule has 39 heavy (non-hydrogen) atoms. The molecule has 0 bridgehead atoms. The number of likely N-dealkylation sites (tertiary alicyclic amines) is 1. The molecule has 1 N–H and O–H groups in total. The Balaban J connectivity index is 1.05. The van der Waals surface area contributed by atoms with E-state index in [1.54, 1.807) is 12.1 Å². The smallest absolute Gasteiger partial charge is 0.126 e. The molecule has 3 heteroatoms. The van der Waals surface area contributed by atoms with Crippen molar-refractivity contribution < 1.29 is 9.84 Å². The minimum Gasteiger partial charge on any atom is -0.508 e. The maximum atomic E-state index is 10.0. The van der Waals surface area contributed by atoms with Crippen LogP contribution in [0.1, 0.15) is 105 Å². The van der Waals surface area contributed by atoms with Crippen LogP contribution >= 0.6 is 0 Å². The highest BCUT2D eigenvalue weighted by molar-refractivity contribution is 5.50. The molecule has 5 rings (SSSR count). The monoisotopic (exact) mass is 525 g/mol. The number of hydrogen-bond acceptors (Lipinski definition) is 3. The maximum Gasteiger partial charge on any atom is 0.126 e. The molecule has 0 amide bonds. The van der Waals surface area contributed by atoms with Gasteiger partial charge in [0, 0.05) is 23.5 Å². The highest BCUT2D eigenvalue weighted by Crippen LogP contribution is 2.46. The van der Waals surface area contributed by atoms with E-state index in [9.17, 15) is 5.11 Å². The van der Waals surface area contributed by atoms with Gasteiger partial charge in [-0.05, 0) is 74.5 Å². The zero-order valence-corrected chi connectivity index (χ0v) is 23.7. The van der Waals surface area contributed by atoms with Crippen molar-refractivity contribution in [1.29, 1.82) is 0 Å². The molecule has 2 aliphatic rings. The van der Waals surface area contributed by atoms with Crippen molar-refractivity contribution in [2.45, 2.75) is 88.9 Å². The third kappa shape index (κ3) is 7.88.